The van der Waals surface area contributed by atoms with E-state index < -0.39 is 5.41 Å². The maximum Gasteiger partial charge on any atom is 0.147 e. The first kappa shape index (κ1) is 14.9. The Bertz CT molecular complexity index is 323. The minimum Gasteiger partial charge on any atom is -0.299 e. The Kier molecular flexibility index (Phi) is 6.03. The summed E-state index contributed by atoms with van der Waals surface area (Å²) in [7, 11) is 0. The van der Waals surface area contributed by atoms with Crippen LogP contribution in [0.15, 0.2) is 24.8 Å². The van der Waals surface area contributed by atoms with Crippen LogP contribution in [0.2, 0.25) is 0 Å². The quantitative estimate of drug-likeness (QED) is 0.387. The summed E-state index contributed by atoms with van der Waals surface area (Å²) >= 11 is 0. The van der Waals surface area contributed by atoms with Gasteiger partial charge in [-0.25, -0.2) is 0 Å². The Labute approximate surface area is 110 Å². The van der Waals surface area contributed by atoms with E-state index in [9.17, 15) is 9.59 Å². The van der Waals surface area contributed by atoms with E-state index in [1.165, 1.54) is 6.42 Å². The highest BCUT2D eigenvalue weighted by Gasteiger charge is 2.44. The van der Waals surface area contributed by atoms with Gasteiger partial charge in [-0.2, -0.15) is 0 Å². The third kappa shape index (κ3) is 3.41. The highest BCUT2D eigenvalue weighted by Crippen LogP contribution is 2.37. The van der Waals surface area contributed by atoms with Gasteiger partial charge in [-0.3, -0.25) is 9.59 Å². The Hall–Kier alpha value is -1.18. The largest absolute Gasteiger partial charge is 0.299 e. The average Bonchev–Trinajstić information content (AvgIpc) is 2.35. The molecule has 0 spiro atoms. The fraction of sp³-hybridized carbons (Fsp3) is 0.625. The molecule has 0 radical (unpaired) electrons. The summed E-state index contributed by atoms with van der Waals surface area (Å²) in [5, 5.41) is 0. The normalized spacial score (nSPS) is 19.4. The molecule has 0 aromatic rings. The topological polar surface area (TPSA) is 34.1 Å². The van der Waals surface area contributed by atoms with Crippen LogP contribution in [-0.4, -0.2) is 11.6 Å². The first-order valence-electron chi connectivity index (χ1n) is 7.00. The maximum absolute atomic E-state index is 12.1. The lowest BCUT2D eigenvalue weighted by molar-refractivity contribution is -0.143. The molecule has 0 saturated heterocycles. The molecule has 0 bridgehead atoms. The number of hydrogen-bond acceptors (Lipinski definition) is 2. The van der Waals surface area contributed by atoms with Gasteiger partial charge in [-0.15, -0.1) is 6.58 Å². The molecule has 1 aliphatic carbocycles. The van der Waals surface area contributed by atoms with Crippen molar-refractivity contribution < 1.29 is 9.59 Å². The summed E-state index contributed by atoms with van der Waals surface area (Å²) in [5.74, 6) is 0.220. The van der Waals surface area contributed by atoms with Gasteiger partial charge in [0.25, 0.3) is 0 Å². The smallest absolute Gasteiger partial charge is 0.147 e. The van der Waals surface area contributed by atoms with E-state index >= 15 is 0 Å². The van der Waals surface area contributed by atoms with Gasteiger partial charge in [0, 0.05) is 12.8 Å². The fourth-order valence-corrected chi connectivity index (χ4v) is 2.55. The van der Waals surface area contributed by atoms with Crippen molar-refractivity contribution in [2.24, 2.45) is 5.41 Å². The third-order valence-electron chi connectivity index (χ3n) is 3.73. The SMILES string of the molecule is C=CCC1(CC=CCCCC)C(=O)CCCC1=O. The highest BCUT2D eigenvalue weighted by molar-refractivity contribution is 6.09. The van der Waals surface area contributed by atoms with Crippen molar-refractivity contribution in [2.75, 3.05) is 0 Å². The van der Waals surface area contributed by atoms with Gasteiger partial charge in [0.15, 0.2) is 0 Å². The molecule has 0 amide bonds. The Morgan fingerprint density at radius 1 is 1.17 bits per heavy atom. The lowest BCUT2D eigenvalue weighted by Crippen LogP contribution is -2.41. The van der Waals surface area contributed by atoms with E-state index in [2.05, 4.69) is 19.6 Å². The molecule has 2 nitrogen and oxygen atoms in total. The number of unbranched alkanes of at least 4 members (excludes halogenated alkanes) is 2. The van der Waals surface area contributed by atoms with E-state index in [1.54, 1.807) is 6.08 Å². The second kappa shape index (κ2) is 7.30. The molecule has 0 heterocycles. The first-order valence-corrected chi connectivity index (χ1v) is 7.00. The summed E-state index contributed by atoms with van der Waals surface area (Å²) in [4.78, 5) is 24.3. The van der Waals surface area contributed by atoms with Crippen molar-refractivity contribution >= 4 is 11.6 Å². The molecule has 0 aromatic carbocycles. The van der Waals surface area contributed by atoms with E-state index in [0.29, 0.717) is 25.7 Å². The molecule has 1 rings (SSSR count). The van der Waals surface area contributed by atoms with Crippen molar-refractivity contribution in [3.63, 3.8) is 0 Å². The lowest BCUT2D eigenvalue weighted by atomic mass is 9.67. The van der Waals surface area contributed by atoms with Gasteiger partial charge in [0.1, 0.15) is 11.6 Å². The Balaban J connectivity index is 2.72. The van der Waals surface area contributed by atoms with Crippen LogP contribution in [0.1, 0.15) is 58.3 Å². The monoisotopic (exact) mass is 248 g/mol. The Morgan fingerprint density at radius 2 is 1.83 bits per heavy atom. The van der Waals surface area contributed by atoms with Crippen molar-refractivity contribution in [1.82, 2.24) is 0 Å². The first-order chi connectivity index (χ1) is 8.67. The van der Waals surface area contributed by atoms with Crippen molar-refractivity contribution in [2.45, 2.75) is 58.3 Å². The fourth-order valence-electron chi connectivity index (χ4n) is 2.55. The lowest BCUT2D eigenvalue weighted by Gasteiger charge is -2.32. The van der Waals surface area contributed by atoms with E-state index in [4.69, 9.17) is 0 Å². The van der Waals surface area contributed by atoms with Gasteiger partial charge in [0.2, 0.25) is 0 Å². The zero-order chi connectivity index (χ0) is 13.4. The molecule has 0 N–H and O–H groups in total. The standard InChI is InChI=1S/C16H24O2/c1-3-5-6-7-8-13-16(12-4-2)14(17)10-9-11-15(16)18/h4,7-8H,2-3,5-6,9-13H2,1H3. The summed E-state index contributed by atoms with van der Waals surface area (Å²) < 4.78 is 0. The van der Waals surface area contributed by atoms with Crippen LogP contribution in [0, 0.1) is 5.41 Å². The van der Waals surface area contributed by atoms with Gasteiger partial charge < -0.3 is 0 Å². The molecule has 0 atom stereocenters. The number of ketones is 2. The van der Waals surface area contributed by atoms with Crippen molar-refractivity contribution in [3.8, 4) is 0 Å². The molecular formula is C16H24O2. The van der Waals surface area contributed by atoms with Crippen LogP contribution < -0.4 is 0 Å². The van der Waals surface area contributed by atoms with Gasteiger partial charge in [0.05, 0.1) is 5.41 Å². The second-order valence-electron chi connectivity index (χ2n) is 5.09. The highest BCUT2D eigenvalue weighted by atomic mass is 16.2. The number of hydrogen-bond donors (Lipinski definition) is 0. The zero-order valence-corrected chi connectivity index (χ0v) is 11.4. The van der Waals surface area contributed by atoms with Crippen LogP contribution in [0.5, 0.6) is 0 Å². The van der Waals surface area contributed by atoms with Crippen LogP contribution >= 0.6 is 0 Å². The number of Topliss-reactive ketones (excluding diaryl/α,β-unsaturated/α-hetero) is 2. The molecule has 0 aliphatic heterocycles. The summed E-state index contributed by atoms with van der Waals surface area (Å²) in [6.07, 6.45) is 12.0. The van der Waals surface area contributed by atoms with E-state index in [1.807, 2.05) is 6.08 Å². The molecule has 0 aromatic heterocycles. The molecular weight excluding hydrogens is 224 g/mol. The molecule has 1 saturated carbocycles. The van der Waals surface area contributed by atoms with Crippen LogP contribution in [0.3, 0.4) is 0 Å². The van der Waals surface area contributed by atoms with Crippen molar-refractivity contribution in [3.05, 3.63) is 24.8 Å². The Morgan fingerprint density at radius 3 is 2.39 bits per heavy atom. The molecule has 1 aliphatic rings. The van der Waals surface area contributed by atoms with Gasteiger partial charge in [-0.05, 0) is 25.7 Å². The minimum absolute atomic E-state index is 0.110. The minimum atomic E-state index is -0.789. The molecule has 100 valence electrons. The zero-order valence-electron chi connectivity index (χ0n) is 11.4. The summed E-state index contributed by atoms with van der Waals surface area (Å²) in [5.41, 5.74) is -0.789. The average molecular weight is 248 g/mol. The van der Waals surface area contributed by atoms with E-state index in [0.717, 1.165) is 19.3 Å². The molecule has 0 unspecified atom stereocenters. The number of carbonyl (C=O) groups is 2. The summed E-state index contributed by atoms with van der Waals surface area (Å²) in [6, 6.07) is 0. The van der Waals surface area contributed by atoms with Crippen molar-refractivity contribution in [1.29, 1.82) is 0 Å². The summed E-state index contributed by atoms with van der Waals surface area (Å²) in [6.45, 7) is 5.85. The molecule has 1 fully saturated rings. The van der Waals surface area contributed by atoms with Gasteiger partial charge >= 0.3 is 0 Å². The predicted molar refractivity (Wildman–Crippen MR) is 74.4 cm³/mol. The second-order valence-corrected chi connectivity index (χ2v) is 5.09. The predicted octanol–water partition coefficient (Wildman–Crippen LogP) is 4.01. The number of carbonyl (C=O) groups excluding carboxylic acids is 2. The van der Waals surface area contributed by atoms with Gasteiger partial charge in [-0.1, -0.05) is 38.0 Å². The van der Waals surface area contributed by atoms with Crippen LogP contribution in [0.25, 0.3) is 0 Å². The third-order valence-corrected chi connectivity index (χ3v) is 3.73. The molecule has 2 heteroatoms. The number of rotatable bonds is 7. The van der Waals surface area contributed by atoms with Crippen LogP contribution in [-0.2, 0) is 9.59 Å². The van der Waals surface area contributed by atoms with E-state index in [-0.39, 0.29) is 11.6 Å². The molecule has 18 heavy (non-hydrogen) atoms. The maximum atomic E-state index is 12.1. The number of allylic oxidation sites excluding steroid dienone is 3. The van der Waals surface area contributed by atoms with Crippen LogP contribution in [0.4, 0.5) is 0 Å².